The fourth-order valence-corrected chi connectivity index (χ4v) is 4.88. The van der Waals surface area contributed by atoms with Crippen molar-refractivity contribution in [3.05, 3.63) is 64.6 Å². The molecule has 4 rings (SSSR count). The maximum Gasteiger partial charge on any atom is 0.272 e. The second kappa shape index (κ2) is 7.73. The van der Waals surface area contributed by atoms with Crippen LogP contribution in [0.4, 0.5) is 0 Å². The fourth-order valence-electron chi connectivity index (χ4n) is 3.11. The normalized spacial score (nSPS) is 12.5. The average molecular weight is 411 g/mol. The first-order valence-electron chi connectivity index (χ1n) is 8.78. The number of thiophene rings is 1. The van der Waals surface area contributed by atoms with E-state index in [0.717, 1.165) is 15.8 Å². The van der Waals surface area contributed by atoms with Crippen molar-refractivity contribution in [3.8, 4) is 0 Å². The van der Waals surface area contributed by atoms with Gasteiger partial charge in [-0.15, -0.1) is 11.3 Å². The van der Waals surface area contributed by atoms with Crippen LogP contribution < -0.4 is 11.3 Å². The molecule has 3 aromatic heterocycles. The number of fused-ring (bicyclic) bond motifs is 3. The summed E-state index contributed by atoms with van der Waals surface area (Å²) in [7, 11) is 0. The Kier molecular flexibility index (Phi) is 5.15. The van der Waals surface area contributed by atoms with Gasteiger partial charge in [-0.05, 0) is 23.6 Å². The monoisotopic (exact) mass is 410 g/mol. The van der Waals surface area contributed by atoms with Gasteiger partial charge in [0.1, 0.15) is 9.53 Å². The van der Waals surface area contributed by atoms with Crippen molar-refractivity contribution in [3.63, 3.8) is 0 Å². The minimum atomic E-state index is -0.446. The van der Waals surface area contributed by atoms with Crippen LogP contribution in [0.3, 0.4) is 0 Å². The van der Waals surface area contributed by atoms with E-state index in [-0.39, 0.29) is 17.2 Å². The van der Waals surface area contributed by atoms with Gasteiger partial charge >= 0.3 is 0 Å². The lowest BCUT2D eigenvalue weighted by Crippen LogP contribution is -2.25. The highest BCUT2D eigenvalue weighted by Gasteiger charge is 2.19. The van der Waals surface area contributed by atoms with Crippen molar-refractivity contribution < 1.29 is 4.79 Å². The van der Waals surface area contributed by atoms with E-state index in [0.29, 0.717) is 21.9 Å². The Hall–Kier alpha value is -2.71. The fraction of sp³-hybridized carbons (Fsp3) is 0.200. The van der Waals surface area contributed by atoms with Gasteiger partial charge in [0.25, 0.3) is 5.56 Å². The number of rotatable bonds is 6. The molecule has 28 heavy (non-hydrogen) atoms. The Labute approximate surface area is 169 Å². The van der Waals surface area contributed by atoms with Crippen LogP contribution >= 0.6 is 23.1 Å². The van der Waals surface area contributed by atoms with Crippen LogP contribution in [0, 0.1) is 0 Å². The lowest BCUT2D eigenvalue weighted by atomic mass is 10.0. The third kappa shape index (κ3) is 3.53. The van der Waals surface area contributed by atoms with Crippen molar-refractivity contribution in [2.75, 3.05) is 5.75 Å². The molecule has 2 N–H and O–H groups in total. The van der Waals surface area contributed by atoms with E-state index in [9.17, 15) is 9.59 Å². The lowest BCUT2D eigenvalue weighted by molar-refractivity contribution is -0.115. The minimum absolute atomic E-state index is 0.0674. The van der Waals surface area contributed by atoms with E-state index >= 15 is 0 Å². The summed E-state index contributed by atoms with van der Waals surface area (Å²) in [6.45, 7) is 2.54. The summed E-state index contributed by atoms with van der Waals surface area (Å²) in [5.41, 5.74) is 6.98. The zero-order valence-electron chi connectivity index (χ0n) is 15.2. The molecule has 142 valence electrons. The van der Waals surface area contributed by atoms with Crippen molar-refractivity contribution in [1.82, 2.24) is 14.5 Å². The van der Waals surface area contributed by atoms with Crippen LogP contribution in [0.2, 0.25) is 0 Å². The third-order valence-corrected chi connectivity index (χ3v) is 6.58. The number of aromatic nitrogens is 3. The number of primary amides is 1. The van der Waals surface area contributed by atoms with E-state index in [1.54, 1.807) is 10.8 Å². The van der Waals surface area contributed by atoms with Crippen LogP contribution in [0.15, 0.2) is 58.6 Å². The molecule has 3 heterocycles. The third-order valence-electron chi connectivity index (χ3n) is 4.49. The summed E-state index contributed by atoms with van der Waals surface area (Å²) in [4.78, 5) is 34.5. The van der Waals surface area contributed by atoms with Gasteiger partial charge in [-0.3, -0.25) is 14.2 Å². The van der Waals surface area contributed by atoms with E-state index in [4.69, 9.17) is 10.7 Å². The highest BCUT2D eigenvalue weighted by Crippen LogP contribution is 2.31. The van der Waals surface area contributed by atoms with Gasteiger partial charge < -0.3 is 5.73 Å². The molecule has 1 atom stereocenters. The number of nitrogens with zero attached hydrogens (tertiary/aromatic N) is 3. The molecule has 1 unspecified atom stereocenters. The molecule has 0 saturated heterocycles. The van der Waals surface area contributed by atoms with Crippen LogP contribution in [0.25, 0.3) is 20.4 Å². The number of hydrogen-bond donors (Lipinski definition) is 1. The molecule has 0 radical (unpaired) electrons. The molecular formula is C20H18N4O2S2. The van der Waals surface area contributed by atoms with Gasteiger partial charge in [0, 0.05) is 18.1 Å². The summed E-state index contributed by atoms with van der Waals surface area (Å²) < 4.78 is 2.24. The molecule has 8 heteroatoms. The van der Waals surface area contributed by atoms with Gasteiger partial charge in [-0.1, -0.05) is 49.0 Å². The average Bonchev–Trinajstić information content (AvgIpc) is 3.08. The predicted octanol–water partition coefficient (Wildman–Crippen LogP) is 3.39. The van der Waals surface area contributed by atoms with E-state index in [1.807, 2.05) is 42.5 Å². The summed E-state index contributed by atoms with van der Waals surface area (Å²) in [5, 5.41) is 1.35. The van der Waals surface area contributed by atoms with Gasteiger partial charge in [0.15, 0.2) is 5.16 Å². The van der Waals surface area contributed by atoms with Gasteiger partial charge in [0.2, 0.25) is 5.91 Å². The Morgan fingerprint density at radius 2 is 2.04 bits per heavy atom. The van der Waals surface area contributed by atoms with Crippen LogP contribution in [-0.4, -0.2) is 26.2 Å². The van der Waals surface area contributed by atoms with Gasteiger partial charge in [0.05, 0.1) is 11.3 Å². The van der Waals surface area contributed by atoms with Crippen LogP contribution in [-0.2, 0) is 11.3 Å². The molecule has 0 aliphatic carbocycles. The molecule has 0 saturated carbocycles. The number of carbonyl (C=O) groups excluding carboxylic acids is 1. The first-order chi connectivity index (χ1) is 13.5. The van der Waals surface area contributed by atoms with Crippen molar-refractivity contribution in [2.24, 2.45) is 5.73 Å². The molecule has 4 aromatic rings. The number of thioether (sulfide) groups is 1. The Morgan fingerprint density at radius 1 is 1.25 bits per heavy atom. The van der Waals surface area contributed by atoms with Crippen molar-refractivity contribution in [1.29, 1.82) is 0 Å². The molecule has 1 aromatic carbocycles. The Balaban J connectivity index is 1.85. The summed E-state index contributed by atoms with van der Waals surface area (Å²) in [6, 6.07) is 13.8. The largest absolute Gasteiger partial charge is 0.369 e. The van der Waals surface area contributed by atoms with E-state index in [2.05, 4.69) is 11.9 Å². The smallest absolute Gasteiger partial charge is 0.272 e. The summed E-state index contributed by atoms with van der Waals surface area (Å²) in [5.74, 6) is -0.268. The Bertz CT molecular complexity index is 1220. The maximum atomic E-state index is 13.3. The lowest BCUT2D eigenvalue weighted by Gasteiger charge is -2.17. The highest BCUT2D eigenvalue weighted by molar-refractivity contribution is 7.99. The van der Waals surface area contributed by atoms with Gasteiger partial charge in [-0.2, -0.15) is 0 Å². The molecule has 0 bridgehead atoms. The van der Waals surface area contributed by atoms with Gasteiger partial charge in [-0.25, -0.2) is 9.97 Å². The molecule has 6 nitrogen and oxygen atoms in total. The number of hydrogen-bond acceptors (Lipinski definition) is 6. The molecule has 0 fully saturated rings. The first kappa shape index (κ1) is 18.6. The number of amides is 1. The first-order valence-corrected chi connectivity index (χ1v) is 10.6. The number of pyridine rings is 1. The minimum Gasteiger partial charge on any atom is -0.369 e. The second-order valence-corrected chi connectivity index (χ2v) is 8.45. The summed E-state index contributed by atoms with van der Waals surface area (Å²) >= 11 is 2.55. The number of nitrogens with two attached hydrogens (primary N) is 1. The standard InChI is InChI=1S/C20H18N4O2S2/c1-12(13-6-3-2-4-7-13)10-24-19(26)17-16(23-20(24)27-11-15(21)25)14-8-5-9-22-18(14)28-17/h2-9,12H,10-11H2,1H3,(H2,21,25). The maximum absolute atomic E-state index is 13.3. The SMILES string of the molecule is CC(Cn1c(SCC(N)=O)nc2c(sc3ncccc32)c1=O)c1ccccc1. The quantitative estimate of drug-likeness (QED) is 0.389. The highest BCUT2D eigenvalue weighted by atomic mass is 32.2. The molecule has 1 amide bonds. The zero-order chi connectivity index (χ0) is 19.7. The predicted molar refractivity (Wildman–Crippen MR) is 114 cm³/mol. The topological polar surface area (TPSA) is 90.9 Å². The number of benzene rings is 1. The van der Waals surface area contributed by atoms with Crippen LogP contribution in [0.1, 0.15) is 18.4 Å². The van der Waals surface area contributed by atoms with Crippen LogP contribution in [0.5, 0.6) is 0 Å². The molecule has 0 aliphatic heterocycles. The molecule has 0 aliphatic rings. The van der Waals surface area contributed by atoms with Crippen molar-refractivity contribution in [2.45, 2.75) is 24.5 Å². The van der Waals surface area contributed by atoms with E-state index < -0.39 is 5.91 Å². The summed E-state index contributed by atoms with van der Waals surface area (Å²) in [6.07, 6.45) is 1.70. The zero-order valence-corrected chi connectivity index (χ0v) is 16.8. The van der Waals surface area contributed by atoms with E-state index in [1.165, 1.54) is 23.1 Å². The Morgan fingerprint density at radius 3 is 2.79 bits per heavy atom. The number of carbonyl (C=O) groups is 1. The second-order valence-electron chi connectivity index (χ2n) is 6.51. The molecular weight excluding hydrogens is 392 g/mol. The van der Waals surface area contributed by atoms with Crippen molar-refractivity contribution >= 4 is 49.4 Å². The molecule has 0 spiro atoms.